The first kappa shape index (κ1) is 12.8. The smallest absolute Gasteiger partial charge is 0.154 e. The van der Waals surface area contributed by atoms with Gasteiger partial charge in [-0.05, 0) is 26.7 Å². The Morgan fingerprint density at radius 3 is 2.75 bits per heavy atom. The third-order valence-electron chi connectivity index (χ3n) is 3.63. The summed E-state index contributed by atoms with van der Waals surface area (Å²) in [5, 5.41) is 11.4. The van der Waals surface area contributed by atoms with Gasteiger partial charge in [0.15, 0.2) is 5.82 Å². The lowest BCUT2D eigenvalue weighted by Gasteiger charge is -2.16. The summed E-state index contributed by atoms with van der Waals surface area (Å²) in [6.07, 6.45) is 3.99. The Labute approximate surface area is 117 Å². The van der Waals surface area contributed by atoms with Crippen molar-refractivity contribution in [1.82, 2.24) is 24.7 Å². The topological polar surface area (TPSA) is 94.5 Å². The van der Waals surface area contributed by atoms with E-state index in [1.54, 1.807) is 6.33 Å². The van der Waals surface area contributed by atoms with E-state index in [0.29, 0.717) is 11.7 Å². The van der Waals surface area contributed by atoms with E-state index in [4.69, 9.17) is 5.73 Å². The van der Waals surface area contributed by atoms with Gasteiger partial charge < -0.3 is 15.6 Å². The number of nitrogens with one attached hydrogen (secondary N) is 1. The summed E-state index contributed by atoms with van der Waals surface area (Å²) in [5.74, 6) is 3.52. The van der Waals surface area contributed by atoms with Gasteiger partial charge >= 0.3 is 0 Å². The van der Waals surface area contributed by atoms with Crippen LogP contribution in [0.4, 0.5) is 11.6 Å². The second-order valence-electron chi connectivity index (χ2n) is 5.38. The van der Waals surface area contributed by atoms with Crippen LogP contribution in [-0.2, 0) is 7.05 Å². The third-order valence-corrected chi connectivity index (χ3v) is 3.63. The molecule has 1 aliphatic carbocycles. The largest absolute Gasteiger partial charge is 0.383 e. The number of rotatable bonds is 4. The highest BCUT2D eigenvalue weighted by Gasteiger charge is 2.28. The molecular formula is C13H19N7. The van der Waals surface area contributed by atoms with Crippen molar-refractivity contribution in [2.24, 2.45) is 7.05 Å². The minimum absolute atomic E-state index is 0.00236. The maximum absolute atomic E-state index is 5.99. The predicted octanol–water partition coefficient (Wildman–Crippen LogP) is 1.55. The Balaban J connectivity index is 1.88. The average Bonchev–Trinajstić information content (AvgIpc) is 3.17. The molecule has 0 radical (unpaired) electrons. The maximum atomic E-state index is 5.99. The molecule has 0 saturated heterocycles. The van der Waals surface area contributed by atoms with Crippen LogP contribution in [0.2, 0.25) is 0 Å². The molecule has 1 saturated carbocycles. The van der Waals surface area contributed by atoms with E-state index >= 15 is 0 Å². The zero-order valence-electron chi connectivity index (χ0n) is 12.0. The van der Waals surface area contributed by atoms with Gasteiger partial charge in [0.2, 0.25) is 0 Å². The quantitative estimate of drug-likeness (QED) is 0.877. The standard InChI is InChI=1S/C13H19N7/c1-7-10(14)17-12(9-4-5-9)18-11(7)16-8(2)13-19-15-6-20(13)3/h6,8-9H,4-5H2,1-3H3,(H3,14,16,17,18). The summed E-state index contributed by atoms with van der Waals surface area (Å²) in [6.45, 7) is 3.95. The van der Waals surface area contributed by atoms with Crippen molar-refractivity contribution < 1.29 is 0 Å². The number of nitrogens with two attached hydrogens (primary N) is 1. The Bertz CT molecular complexity index is 630. The normalized spacial score (nSPS) is 16.1. The first-order valence-corrected chi connectivity index (χ1v) is 6.80. The van der Waals surface area contributed by atoms with Crippen LogP contribution < -0.4 is 11.1 Å². The Morgan fingerprint density at radius 1 is 1.40 bits per heavy atom. The minimum atomic E-state index is 0.00236. The highest BCUT2D eigenvalue weighted by molar-refractivity contribution is 5.55. The first-order valence-electron chi connectivity index (χ1n) is 6.80. The molecule has 3 rings (SSSR count). The highest BCUT2D eigenvalue weighted by Crippen LogP contribution is 2.39. The number of nitrogens with zero attached hydrogens (tertiary/aromatic N) is 5. The minimum Gasteiger partial charge on any atom is -0.383 e. The van der Waals surface area contributed by atoms with Crippen LogP contribution in [0.5, 0.6) is 0 Å². The van der Waals surface area contributed by atoms with Crippen LogP contribution in [-0.4, -0.2) is 24.7 Å². The molecule has 7 nitrogen and oxygen atoms in total. The molecule has 1 unspecified atom stereocenters. The molecule has 20 heavy (non-hydrogen) atoms. The molecule has 1 atom stereocenters. The van der Waals surface area contributed by atoms with E-state index in [2.05, 4.69) is 25.5 Å². The molecule has 2 heterocycles. The first-order chi connectivity index (χ1) is 9.56. The molecular weight excluding hydrogens is 254 g/mol. The Kier molecular flexibility index (Phi) is 3.04. The second kappa shape index (κ2) is 4.73. The third kappa shape index (κ3) is 2.31. The molecule has 0 amide bonds. The summed E-state index contributed by atoms with van der Waals surface area (Å²) in [6, 6.07) is 0.00236. The fraction of sp³-hybridized carbons (Fsp3) is 0.538. The molecule has 2 aromatic rings. The Hall–Kier alpha value is -2.18. The van der Waals surface area contributed by atoms with Gasteiger partial charge in [-0.1, -0.05) is 0 Å². The molecule has 1 aliphatic rings. The van der Waals surface area contributed by atoms with Gasteiger partial charge in [-0.25, -0.2) is 9.97 Å². The van der Waals surface area contributed by atoms with Crippen molar-refractivity contribution in [2.45, 2.75) is 38.6 Å². The molecule has 0 spiro atoms. The number of hydrogen-bond donors (Lipinski definition) is 2. The number of aromatic nitrogens is 5. The van der Waals surface area contributed by atoms with E-state index in [9.17, 15) is 0 Å². The molecule has 0 bridgehead atoms. The van der Waals surface area contributed by atoms with Crippen molar-refractivity contribution in [2.75, 3.05) is 11.1 Å². The van der Waals surface area contributed by atoms with Crippen molar-refractivity contribution in [3.63, 3.8) is 0 Å². The molecule has 1 fully saturated rings. The van der Waals surface area contributed by atoms with Gasteiger partial charge in [0.1, 0.15) is 23.8 Å². The molecule has 106 valence electrons. The van der Waals surface area contributed by atoms with E-state index in [0.717, 1.165) is 35.9 Å². The van der Waals surface area contributed by atoms with Crippen LogP contribution in [0.1, 0.15) is 48.9 Å². The average molecular weight is 273 g/mol. The van der Waals surface area contributed by atoms with Gasteiger partial charge in [0.25, 0.3) is 0 Å². The van der Waals surface area contributed by atoms with Crippen molar-refractivity contribution in [3.8, 4) is 0 Å². The second-order valence-corrected chi connectivity index (χ2v) is 5.38. The molecule has 0 aromatic carbocycles. The van der Waals surface area contributed by atoms with Crippen LogP contribution in [0, 0.1) is 6.92 Å². The van der Waals surface area contributed by atoms with Crippen LogP contribution in [0.25, 0.3) is 0 Å². The summed E-state index contributed by atoms with van der Waals surface area (Å²) in [4.78, 5) is 8.99. The predicted molar refractivity (Wildman–Crippen MR) is 76.2 cm³/mol. The van der Waals surface area contributed by atoms with Crippen LogP contribution in [0.15, 0.2) is 6.33 Å². The lowest BCUT2D eigenvalue weighted by atomic mass is 10.2. The summed E-state index contributed by atoms with van der Waals surface area (Å²) in [5.41, 5.74) is 6.87. The van der Waals surface area contributed by atoms with E-state index in [1.165, 1.54) is 0 Å². The zero-order chi connectivity index (χ0) is 14.3. The molecule has 2 aromatic heterocycles. The summed E-state index contributed by atoms with van der Waals surface area (Å²) < 4.78 is 1.89. The monoisotopic (exact) mass is 273 g/mol. The fourth-order valence-corrected chi connectivity index (χ4v) is 2.17. The SMILES string of the molecule is Cc1c(N)nc(C2CC2)nc1NC(C)c1nncn1C. The van der Waals surface area contributed by atoms with Crippen molar-refractivity contribution in [1.29, 1.82) is 0 Å². The fourth-order valence-electron chi connectivity index (χ4n) is 2.17. The number of aryl methyl sites for hydroxylation is 1. The van der Waals surface area contributed by atoms with E-state index in [1.807, 2.05) is 25.5 Å². The maximum Gasteiger partial charge on any atom is 0.154 e. The molecule has 7 heteroatoms. The highest BCUT2D eigenvalue weighted by atomic mass is 15.3. The van der Waals surface area contributed by atoms with E-state index < -0.39 is 0 Å². The van der Waals surface area contributed by atoms with Crippen LogP contribution in [0.3, 0.4) is 0 Å². The summed E-state index contributed by atoms with van der Waals surface area (Å²) in [7, 11) is 1.92. The van der Waals surface area contributed by atoms with Crippen LogP contribution >= 0.6 is 0 Å². The zero-order valence-corrected chi connectivity index (χ0v) is 12.0. The van der Waals surface area contributed by atoms with Gasteiger partial charge in [-0.15, -0.1) is 10.2 Å². The van der Waals surface area contributed by atoms with Crippen molar-refractivity contribution in [3.05, 3.63) is 23.5 Å². The number of nitrogen functional groups attached to an aromatic ring is 1. The number of anilines is 2. The Morgan fingerprint density at radius 2 is 2.15 bits per heavy atom. The van der Waals surface area contributed by atoms with E-state index in [-0.39, 0.29) is 6.04 Å². The lowest BCUT2D eigenvalue weighted by molar-refractivity contribution is 0.713. The van der Waals surface area contributed by atoms with Gasteiger partial charge in [-0.2, -0.15) is 0 Å². The molecule has 0 aliphatic heterocycles. The van der Waals surface area contributed by atoms with Crippen molar-refractivity contribution >= 4 is 11.6 Å². The summed E-state index contributed by atoms with van der Waals surface area (Å²) >= 11 is 0. The van der Waals surface area contributed by atoms with Gasteiger partial charge in [-0.3, -0.25) is 0 Å². The number of hydrogen-bond acceptors (Lipinski definition) is 6. The lowest BCUT2D eigenvalue weighted by Crippen LogP contribution is -2.15. The van der Waals surface area contributed by atoms with Gasteiger partial charge in [0, 0.05) is 18.5 Å². The van der Waals surface area contributed by atoms with Gasteiger partial charge in [0.05, 0.1) is 6.04 Å². The molecule has 3 N–H and O–H groups in total.